The molecule has 23 heavy (non-hydrogen) atoms. The van der Waals surface area contributed by atoms with Crippen molar-refractivity contribution >= 4 is 21.4 Å². The number of nitrogens with zero attached hydrogens (tertiary/aromatic N) is 1. The maximum atomic E-state index is 13.0. The lowest BCUT2D eigenvalue weighted by Crippen LogP contribution is -2.14. The summed E-state index contributed by atoms with van der Waals surface area (Å²) in [5.41, 5.74) is 0.708. The van der Waals surface area contributed by atoms with Crippen molar-refractivity contribution in [2.45, 2.75) is 29.4 Å². The number of hydrogen-bond donors (Lipinski definition) is 0. The summed E-state index contributed by atoms with van der Waals surface area (Å²) in [4.78, 5) is 4.34. The molecule has 1 atom stereocenters. The second-order valence-corrected chi connectivity index (χ2v) is 7.83. The third-order valence-corrected chi connectivity index (χ3v) is 6.08. The Labute approximate surface area is 142 Å². The number of aromatic nitrogens is 1. The van der Waals surface area contributed by atoms with E-state index >= 15 is 0 Å². The van der Waals surface area contributed by atoms with Gasteiger partial charge in [0.2, 0.25) is 0 Å². The van der Waals surface area contributed by atoms with Crippen molar-refractivity contribution < 1.29 is 13.2 Å². The highest BCUT2D eigenvalue weighted by Gasteiger charge is 2.28. The fraction of sp³-hybridized carbons (Fsp3) is 0.353. The molecule has 0 aliphatic carbocycles. The Morgan fingerprint density at radius 2 is 1.91 bits per heavy atom. The predicted molar refractivity (Wildman–Crippen MR) is 91.3 cm³/mol. The molecule has 0 fully saturated rings. The summed E-state index contributed by atoms with van der Waals surface area (Å²) in [6, 6.07) is 9.86. The molecule has 1 unspecified atom stereocenters. The molecule has 0 aliphatic heterocycles. The van der Waals surface area contributed by atoms with Gasteiger partial charge in [0.25, 0.3) is 0 Å². The normalized spacial score (nSPS) is 13.0. The van der Waals surface area contributed by atoms with Crippen LogP contribution in [0.15, 0.2) is 53.7 Å². The summed E-state index contributed by atoms with van der Waals surface area (Å²) in [7, 11) is -1.86. The van der Waals surface area contributed by atoms with E-state index in [1.165, 1.54) is 0 Å². The zero-order chi connectivity index (χ0) is 16.7. The van der Waals surface area contributed by atoms with Crippen LogP contribution in [0, 0.1) is 0 Å². The van der Waals surface area contributed by atoms with Gasteiger partial charge < -0.3 is 4.74 Å². The molecule has 1 aromatic heterocycles. The first-order chi connectivity index (χ1) is 11.1. The highest BCUT2D eigenvalue weighted by Crippen LogP contribution is 2.33. The van der Waals surface area contributed by atoms with Crippen LogP contribution < -0.4 is 0 Å². The number of benzene rings is 1. The molecule has 6 heteroatoms. The number of pyridine rings is 1. The maximum Gasteiger partial charge on any atom is 0.185 e. The second kappa shape index (κ2) is 8.43. The van der Waals surface area contributed by atoms with Crippen LogP contribution in [-0.4, -0.2) is 27.1 Å². The molecule has 124 valence electrons. The Hall–Kier alpha value is -1.43. The first kappa shape index (κ1) is 17.9. The third kappa shape index (κ3) is 4.77. The van der Waals surface area contributed by atoms with E-state index in [1.54, 1.807) is 55.9 Å². The summed E-state index contributed by atoms with van der Waals surface area (Å²) in [5, 5.41) is -0.101. The quantitative estimate of drug-likeness (QED) is 0.671. The van der Waals surface area contributed by atoms with Crippen molar-refractivity contribution in [3.8, 4) is 0 Å². The number of rotatable bonds is 8. The Balaban J connectivity index is 2.30. The molecule has 1 aromatic carbocycles. The predicted octanol–water partition coefficient (Wildman–Crippen LogP) is 4.07. The van der Waals surface area contributed by atoms with E-state index in [1.807, 2.05) is 0 Å². The Morgan fingerprint density at radius 3 is 2.52 bits per heavy atom. The molecule has 2 aromatic rings. The van der Waals surface area contributed by atoms with Gasteiger partial charge in [0.15, 0.2) is 9.84 Å². The lowest BCUT2D eigenvalue weighted by molar-refractivity contribution is 0.192. The monoisotopic (exact) mass is 353 g/mol. The summed E-state index contributed by atoms with van der Waals surface area (Å²) in [6.07, 6.45) is 5.37. The van der Waals surface area contributed by atoms with Gasteiger partial charge in [0.1, 0.15) is 0 Å². The highest BCUT2D eigenvalue weighted by molar-refractivity contribution is 7.91. The molecule has 0 saturated carbocycles. The van der Waals surface area contributed by atoms with Gasteiger partial charge in [-0.25, -0.2) is 8.42 Å². The van der Waals surface area contributed by atoms with E-state index in [0.717, 1.165) is 12.8 Å². The van der Waals surface area contributed by atoms with Crippen molar-refractivity contribution in [1.29, 1.82) is 0 Å². The molecule has 0 spiro atoms. The highest BCUT2D eigenvalue weighted by atomic mass is 35.5. The van der Waals surface area contributed by atoms with Crippen LogP contribution in [0.5, 0.6) is 0 Å². The van der Waals surface area contributed by atoms with Gasteiger partial charge in [-0.1, -0.05) is 17.7 Å². The molecule has 1 heterocycles. The lowest BCUT2D eigenvalue weighted by Gasteiger charge is -2.18. The summed E-state index contributed by atoms with van der Waals surface area (Å²) < 4.78 is 31.0. The minimum atomic E-state index is -3.50. The van der Waals surface area contributed by atoms with E-state index in [-0.39, 0.29) is 4.90 Å². The Morgan fingerprint density at radius 1 is 1.17 bits per heavy atom. The van der Waals surface area contributed by atoms with Crippen LogP contribution in [-0.2, 0) is 14.6 Å². The smallest absolute Gasteiger partial charge is 0.185 e. The van der Waals surface area contributed by atoms with Crippen molar-refractivity contribution in [1.82, 2.24) is 4.98 Å². The largest absolute Gasteiger partial charge is 0.385 e. The molecule has 0 radical (unpaired) electrons. The van der Waals surface area contributed by atoms with Gasteiger partial charge in [-0.15, -0.1) is 0 Å². The van der Waals surface area contributed by atoms with Gasteiger partial charge in [-0.05, 0) is 55.2 Å². The summed E-state index contributed by atoms with van der Waals surface area (Å²) in [5.74, 6) is 0. The van der Waals surface area contributed by atoms with E-state index in [2.05, 4.69) is 4.98 Å². The van der Waals surface area contributed by atoms with E-state index in [4.69, 9.17) is 16.3 Å². The zero-order valence-electron chi connectivity index (χ0n) is 13.0. The number of hydrogen-bond acceptors (Lipinski definition) is 4. The number of ether oxygens (including phenoxy) is 1. The fourth-order valence-electron chi connectivity index (χ4n) is 2.43. The zero-order valence-corrected chi connectivity index (χ0v) is 14.6. The van der Waals surface area contributed by atoms with Gasteiger partial charge in [0.05, 0.1) is 10.1 Å². The van der Waals surface area contributed by atoms with E-state index in [0.29, 0.717) is 23.6 Å². The SMILES string of the molecule is COCCCCC(c1cccnc1)S(=O)(=O)c1ccc(Cl)cc1. The van der Waals surface area contributed by atoms with Crippen molar-refractivity contribution in [3.05, 3.63) is 59.4 Å². The molecular formula is C17H20ClNO3S. The van der Waals surface area contributed by atoms with Gasteiger partial charge in [-0.2, -0.15) is 0 Å². The standard InChI is InChI=1S/C17H20ClNO3S/c1-22-12-3-2-6-17(14-5-4-11-19-13-14)23(20,21)16-9-7-15(18)8-10-16/h4-5,7-11,13,17H,2-3,6,12H2,1H3. The first-order valence-corrected chi connectivity index (χ1v) is 9.36. The van der Waals surface area contributed by atoms with Crippen LogP contribution in [0.3, 0.4) is 0 Å². The van der Waals surface area contributed by atoms with Gasteiger partial charge >= 0.3 is 0 Å². The summed E-state index contributed by atoms with van der Waals surface area (Å²) in [6.45, 7) is 0.626. The molecule has 0 bridgehead atoms. The topological polar surface area (TPSA) is 56.3 Å². The van der Waals surface area contributed by atoms with E-state index < -0.39 is 15.1 Å². The van der Waals surface area contributed by atoms with Crippen LogP contribution >= 0.6 is 11.6 Å². The number of halogens is 1. The molecule has 0 aliphatic rings. The number of sulfone groups is 1. The Kier molecular flexibility index (Phi) is 6.57. The average Bonchev–Trinajstić information content (AvgIpc) is 2.56. The van der Waals surface area contributed by atoms with Crippen molar-refractivity contribution in [3.63, 3.8) is 0 Å². The van der Waals surface area contributed by atoms with Crippen molar-refractivity contribution in [2.24, 2.45) is 0 Å². The molecule has 0 amide bonds. The minimum Gasteiger partial charge on any atom is -0.385 e. The molecular weight excluding hydrogens is 334 g/mol. The van der Waals surface area contributed by atoms with Crippen LogP contribution in [0.1, 0.15) is 30.1 Å². The number of methoxy groups -OCH3 is 1. The summed E-state index contributed by atoms with van der Waals surface area (Å²) >= 11 is 5.86. The Bertz CT molecular complexity index is 702. The second-order valence-electron chi connectivity index (χ2n) is 5.26. The van der Waals surface area contributed by atoms with Crippen LogP contribution in [0.2, 0.25) is 5.02 Å². The van der Waals surface area contributed by atoms with E-state index in [9.17, 15) is 8.42 Å². The maximum absolute atomic E-state index is 13.0. The number of unbranched alkanes of at least 4 members (excludes halogenated alkanes) is 1. The third-order valence-electron chi connectivity index (χ3n) is 3.64. The molecule has 2 rings (SSSR count). The molecule has 0 saturated heterocycles. The molecule has 0 N–H and O–H groups in total. The van der Waals surface area contributed by atoms with Gasteiger partial charge in [-0.3, -0.25) is 4.98 Å². The van der Waals surface area contributed by atoms with Crippen molar-refractivity contribution in [2.75, 3.05) is 13.7 Å². The average molecular weight is 354 g/mol. The van der Waals surface area contributed by atoms with Gasteiger partial charge in [0, 0.05) is 31.1 Å². The minimum absolute atomic E-state index is 0.280. The molecule has 4 nitrogen and oxygen atoms in total. The fourth-order valence-corrected chi connectivity index (χ4v) is 4.38. The van der Waals surface area contributed by atoms with Crippen LogP contribution in [0.25, 0.3) is 0 Å². The van der Waals surface area contributed by atoms with Crippen LogP contribution in [0.4, 0.5) is 0 Å². The lowest BCUT2D eigenvalue weighted by atomic mass is 10.1. The first-order valence-electron chi connectivity index (χ1n) is 7.44.